The first kappa shape index (κ1) is 24.9. The molecule has 3 rings (SSSR count). The fourth-order valence-corrected chi connectivity index (χ4v) is 4.73. The van der Waals surface area contributed by atoms with E-state index in [4.69, 9.17) is 9.47 Å². The first-order chi connectivity index (χ1) is 15.8. The second-order valence-electron chi connectivity index (χ2n) is 9.07. The number of carbonyl (C=O) groups is 2. The molecule has 1 saturated heterocycles. The molecule has 2 aromatic rings. The third kappa shape index (κ3) is 5.81. The van der Waals surface area contributed by atoms with Crippen LogP contribution in [-0.2, 0) is 31.9 Å². The van der Waals surface area contributed by atoms with Crippen LogP contribution in [0.25, 0.3) is 0 Å². The molecule has 0 aromatic heterocycles. The van der Waals surface area contributed by atoms with Crippen molar-refractivity contribution in [2.45, 2.75) is 70.8 Å². The minimum absolute atomic E-state index is 0.0520. The van der Waals surface area contributed by atoms with Gasteiger partial charge in [-0.1, -0.05) is 67.9 Å². The number of benzene rings is 2. The van der Waals surface area contributed by atoms with E-state index in [2.05, 4.69) is 35.3 Å². The Morgan fingerprint density at radius 1 is 1.12 bits per heavy atom. The second kappa shape index (κ2) is 10.9. The van der Waals surface area contributed by atoms with E-state index in [9.17, 15) is 9.59 Å². The summed E-state index contributed by atoms with van der Waals surface area (Å²) in [6.07, 6.45) is 2.32. The maximum absolute atomic E-state index is 13.4. The van der Waals surface area contributed by atoms with Crippen LogP contribution in [0.3, 0.4) is 0 Å². The molecule has 6 heteroatoms. The van der Waals surface area contributed by atoms with Crippen molar-refractivity contribution in [2.24, 2.45) is 0 Å². The number of esters is 1. The van der Waals surface area contributed by atoms with Crippen LogP contribution >= 0.6 is 0 Å². The molecule has 6 nitrogen and oxygen atoms in total. The van der Waals surface area contributed by atoms with Gasteiger partial charge in [-0.3, -0.25) is 9.69 Å². The predicted molar refractivity (Wildman–Crippen MR) is 129 cm³/mol. The Kier molecular flexibility index (Phi) is 8.27. The highest BCUT2D eigenvalue weighted by Crippen LogP contribution is 2.38. The van der Waals surface area contributed by atoms with Crippen LogP contribution in [0.5, 0.6) is 0 Å². The lowest BCUT2D eigenvalue weighted by atomic mass is 9.97. The minimum atomic E-state index is -0.759. The molecule has 0 spiro atoms. The summed E-state index contributed by atoms with van der Waals surface area (Å²) in [5, 5.41) is 2.96. The monoisotopic (exact) mass is 452 g/mol. The lowest BCUT2D eigenvalue weighted by molar-refractivity contribution is -0.147. The van der Waals surface area contributed by atoms with E-state index >= 15 is 0 Å². The SMILES string of the molecule is CCCc1ccccc1C[C@H](NC(=O)[C@H](C)N1[C@H](c2ccccc2)COC1(C)C)C(=O)OC. The number of aryl methyl sites for hydroxylation is 1. The minimum Gasteiger partial charge on any atom is -0.467 e. The molecule has 1 fully saturated rings. The Balaban J connectivity index is 1.80. The molecule has 1 N–H and O–H groups in total. The number of hydrogen-bond donors (Lipinski definition) is 1. The number of amides is 1. The molecule has 0 saturated carbocycles. The maximum Gasteiger partial charge on any atom is 0.328 e. The number of ether oxygens (including phenoxy) is 2. The van der Waals surface area contributed by atoms with Gasteiger partial charge in [0.1, 0.15) is 11.8 Å². The molecule has 1 aliphatic heterocycles. The molecule has 3 atom stereocenters. The molecule has 0 unspecified atom stereocenters. The van der Waals surface area contributed by atoms with Gasteiger partial charge in [-0.15, -0.1) is 0 Å². The molecule has 0 bridgehead atoms. The van der Waals surface area contributed by atoms with Gasteiger partial charge in [0.2, 0.25) is 5.91 Å². The van der Waals surface area contributed by atoms with E-state index in [1.807, 2.05) is 57.2 Å². The lowest BCUT2D eigenvalue weighted by Gasteiger charge is -2.38. The van der Waals surface area contributed by atoms with Crippen LogP contribution < -0.4 is 5.32 Å². The number of methoxy groups -OCH3 is 1. The summed E-state index contributed by atoms with van der Waals surface area (Å²) in [6.45, 7) is 8.43. The summed E-state index contributed by atoms with van der Waals surface area (Å²) in [5.41, 5.74) is 2.72. The molecule has 1 amide bonds. The van der Waals surface area contributed by atoms with Crippen molar-refractivity contribution in [3.8, 4) is 0 Å². The van der Waals surface area contributed by atoms with Gasteiger partial charge in [0.05, 0.1) is 25.8 Å². The van der Waals surface area contributed by atoms with E-state index in [0.29, 0.717) is 13.0 Å². The quantitative estimate of drug-likeness (QED) is 0.582. The van der Waals surface area contributed by atoms with Crippen LogP contribution in [0.2, 0.25) is 0 Å². The Labute approximate surface area is 197 Å². The van der Waals surface area contributed by atoms with Crippen LogP contribution in [0.1, 0.15) is 56.8 Å². The highest BCUT2D eigenvalue weighted by Gasteiger charge is 2.46. The summed E-state index contributed by atoms with van der Waals surface area (Å²) in [7, 11) is 1.35. The van der Waals surface area contributed by atoms with Gasteiger partial charge in [0, 0.05) is 6.42 Å². The highest BCUT2D eigenvalue weighted by molar-refractivity contribution is 5.87. The van der Waals surface area contributed by atoms with Crippen molar-refractivity contribution in [2.75, 3.05) is 13.7 Å². The molecule has 2 aromatic carbocycles. The summed E-state index contributed by atoms with van der Waals surface area (Å²) >= 11 is 0. The van der Waals surface area contributed by atoms with Gasteiger partial charge in [-0.25, -0.2) is 4.79 Å². The molecule has 33 heavy (non-hydrogen) atoms. The van der Waals surface area contributed by atoms with Gasteiger partial charge in [-0.05, 0) is 43.9 Å². The van der Waals surface area contributed by atoms with Gasteiger partial charge in [0.15, 0.2) is 0 Å². The van der Waals surface area contributed by atoms with E-state index < -0.39 is 23.8 Å². The molecule has 1 aliphatic rings. The zero-order chi connectivity index (χ0) is 24.0. The van der Waals surface area contributed by atoms with E-state index in [0.717, 1.165) is 24.0 Å². The predicted octanol–water partition coefficient (Wildman–Crippen LogP) is 4.04. The fraction of sp³-hybridized carbons (Fsp3) is 0.481. The molecule has 178 valence electrons. The van der Waals surface area contributed by atoms with Crippen LogP contribution in [0, 0.1) is 0 Å². The second-order valence-corrected chi connectivity index (χ2v) is 9.07. The number of nitrogens with one attached hydrogen (secondary N) is 1. The Morgan fingerprint density at radius 2 is 1.76 bits per heavy atom. The van der Waals surface area contributed by atoms with Crippen LogP contribution in [-0.4, -0.2) is 48.3 Å². The zero-order valence-electron chi connectivity index (χ0n) is 20.3. The Bertz CT molecular complexity index is 944. The normalized spacial score (nSPS) is 19.6. The van der Waals surface area contributed by atoms with Crippen molar-refractivity contribution < 1.29 is 19.1 Å². The van der Waals surface area contributed by atoms with E-state index in [-0.39, 0.29) is 11.9 Å². The largest absolute Gasteiger partial charge is 0.467 e. The molecule has 0 radical (unpaired) electrons. The van der Waals surface area contributed by atoms with Crippen LogP contribution in [0.4, 0.5) is 0 Å². The zero-order valence-corrected chi connectivity index (χ0v) is 20.3. The van der Waals surface area contributed by atoms with Gasteiger partial charge >= 0.3 is 5.97 Å². The highest BCUT2D eigenvalue weighted by atomic mass is 16.5. The summed E-state index contributed by atoms with van der Waals surface area (Å²) in [6, 6.07) is 16.8. The van der Waals surface area contributed by atoms with Crippen molar-refractivity contribution in [1.82, 2.24) is 10.2 Å². The van der Waals surface area contributed by atoms with Gasteiger partial charge in [-0.2, -0.15) is 0 Å². The third-order valence-electron chi connectivity index (χ3n) is 6.40. The third-order valence-corrected chi connectivity index (χ3v) is 6.40. The summed E-state index contributed by atoms with van der Waals surface area (Å²) in [5.74, 6) is -0.670. The maximum atomic E-state index is 13.4. The molecule has 0 aliphatic carbocycles. The Hall–Kier alpha value is -2.70. The molecular formula is C27H36N2O4. The lowest BCUT2D eigenvalue weighted by Crippen LogP contribution is -2.55. The van der Waals surface area contributed by atoms with Gasteiger partial charge < -0.3 is 14.8 Å². The summed E-state index contributed by atoms with van der Waals surface area (Å²) < 4.78 is 11.1. The van der Waals surface area contributed by atoms with Gasteiger partial charge in [0.25, 0.3) is 0 Å². The smallest absolute Gasteiger partial charge is 0.328 e. The standard InChI is InChI=1S/C27H36N2O4/c1-6-12-20-13-10-11-16-22(20)17-23(26(31)32-5)28-25(30)19(2)29-24(18-33-27(29,3)4)21-14-8-7-9-15-21/h7-11,13-16,19,23-24H,6,12,17-18H2,1-5H3,(H,28,30)/t19-,23-,24-/m0/s1. The van der Waals surface area contributed by atoms with E-state index in [1.54, 1.807) is 0 Å². The topological polar surface area (TPSA) is 67.9 Å². The Morgan fingerprint density at radius 3 is 2.39 bits per heavy atom. The first-order valence-electron chi connectivity index (χ1n) is 11.7. The fourth-order valence-electron chi connectivity index (χ4n) is 4.73. The summed E-state index contributed by atoms with van der Waals surface area (Å²) in [4.78, 5) is 28.1. The molecule has 1 heterocycles. The van der Waals surface area contributed by atoms with Crippen LogP contribution in [0.15, 0.2) is 54.6 Å². The average molecular weight is 453 g/mol. The number of nitrogens with zero attached hydrogens (tertiary/aromatic N) is 1. The average Bonchev–Trinajstić information content (AvgIpc) is 3.14. The van der Waals surface area contributed by atoms with E-state index in [1.165, 1.54) is 12.7 Å². The van der Waals surface area contributed by atoms with Crippen molar-refractivity contribution >= 4 is 11.9 Å². The number of rotatable bonds is 9. The van der Waals surface area contributed by atoms with Crippen molar-refractivity contribution in [3.05, 3.63) is 71.3 Å². The van der Waals surface area contributed by atoms with Crippen molar-refractivity contribution in [1.29, 1.82) is 0 Å². The number of carbonyl (C=O) groups excluding carboxylic acids is 2. The van der Waals surface area contributed by atoms with Crippen molar-refractivity contribution in [3.63, 3.8) is 0 Å². The first-order valence-corrected chi connectivity index (χ1v) is 11.7. The number of hydrogen-bond acceptors (Lipinski definition) is 5. The molecular weight excluding hydrogens is 416 g/mol.